The first-order chi connectivity index (χ1) is 9.00. The topological polar surface area (TPSA) is 40.5 Å². The Morgan fingerprint density at radius 1 is 1.32 bits per heavy atom. The van der Waals surface area contributed by atoms with Crippen molar-refractivity contribution in [3.05, 3.63) is 35.7 Å². The number of aromatic hydroxyl groups is 1. The third kappa shape index (κ3) is 1.96. The van der Waals surface area contributed by atoms with E-state index in [0.717, 1.165) is 37.3 Å². The Morgan fingerprint density at radius 3 is 2.84 bits per heavy atom. The van der Waals surface area contributed by atoms with Crippen molar-refractivity contribution in [3.8, 4) is 5.75 Å². The Bertz CT molecular complexity index is 538. The van der Waals surface area contributed by atoms with E-state index < -0.39 is 0 Å². The second-order valence-corrected chi connectivity index (χ2v) is 6.10. The molecule has 0 saturated heterocycles. The number of allylic oxidation sites excluding steroid dienone is 2. The molecule has 1 aromatic carbocycles. The normalized spacial score (nSPS) is 33.9. The van der Waals surface area contributed by atoms with Gasteiger partial charge >= 0.3 is 0 Å². The standard InChI is InChI=1S/C16H19FO2/c1-16-7-6-10(8-11(16)2-5-15(16)19)13-4-3-12(18)9-14(13)17/h3-4,6,9,11,15,18-19H,2,5,7-8H2,1H3/t11-,15+,16+/m1/s1. The molecular formula is C16H19FO2. The zero-order valence-corrected chi connectivity index (χ0v) is 11.1. The molecule has 3 heteroatoms. The van der Waals surface area contributed by atoms with Gasteiger partial charge in [0.25, 0.3) is 0 Å². The van der Waals surface area contributed by atoms with Crippen molar-refractivity contribution in [1.82, 2.24) is 0 Å². The molecule has 2 N–H and O–H groups in total. The highest BCUT2D eigenvalue weighted by Gasteiger charge is 2.47. The molecule has 0 spiro atoms. The SMILES string of the molecule is C[C@]12CC=C(c3ccc(O)cc3F)C[C@H]1CC[C@@H]2O. The zero-order valence-electron chi connectivity index (χ0n) is 11.1. The number of phenols is 1. The minimum atomic E-state index is -0.367. The largest absolute Gasteiger partial charge is 0.508 e. The molecule has 3 rings (SSSR count). The minimum Gasteiger partial charge on any atom is -0.508 e. The Balaban J connectivity index is 1.92. The van der Waals surface area contributed by atoms with E-state index in [-0.39, 0.29) is 23.1 Å². The summed E-state index contributed by atoms with van der Waals surface area (Å²) in [7, 11) is 0. The van der Waals surface area contributed by atoms with E-state index in [1.165, 1.54) is 6.07 Å². The number of aliphatic hydroxyl groups excluding tert-OH is 1. The fourth-order valence-corrected chi connectivity index (χ4v) is 3.60. The second-order valence-electron chi connectivity index (χ2n) is 6.10. The summed E-state index contributed by atoms with van der Waals surface area (Å²) in [5, 5.41) is 19.4. The van der Waals surface area contributed by atoms with Crippen molar-refractivity contribution >= 4 is 5.57 Å². The number of aliphatic hydroxyl groups is 1. The van der Waals surface area contributed by atoms with E-state index in [4.69, 9.17) is 0 Å². The summed E-state index contributed by atoms with van der Waals surface area (Å²) in [6.07, 6.45) is 5.29. The van der Waals surface area contributed by atoms with E-state index in [9.17, 15) is 14.6 Å². The number of halogens is 1. The molecule has 2 aliphatic rings. The highest BCUT2D eigenvalue weighted by molar-refractivity contribution is 5.68. The van der Waals surface area contributed by atoms with Crippen LogP contribution in [-0.4, -0.2) is 16.3 Å². The van der Waals surface area contributed by atoms with Crippen LogP contribution < -0.4 is 0 Å². The highest BCUT2D eigenvalue weighted by atomic mass is 19.1. The highest BCUT2D eigenvalue weighted by Crippen LogP contribution is 2.53. The van der Waals surface area contributed by atoms with Gasteiger partial charge < -0.3 is 10.2 Å². The van der Waals surface area contributed by atoms with Gasteiger partial charge in [-0.1, -0.05) is 13.0 Å². The van der Waals surface area contributed by atoms with Crippen LogP contribution in [0.2, 0.25) is 0 Å². The van der Waals surface area contributed by atoms with Gasteiger partial charge in [-0.2, -0.15) is 0 Å². The lowest BCUT2D eigenvalue weighted by atomic mass is 9.68. The average molecular weight is 262 g/mol. The molecular weight excluding hydrogens is 243 g/mol. The summed E-state index contributed by atoms with van der Waals surface area (Å²) in [5.41, 5.74) is 1.55. The predicted octanol–water partition coefficient (Wildman–Crippen LogP) is 3.49. The van der Waals surface area contributed by atoms with E-state index >= 15 is 0 Å². The van der Waals surface area contributed by atoms with E-state index in [0.29, 0.717) is 11.5 Å². The first-order valence-corrected chi connectivity index (χ1v) is 6.86. The number of hydrogen-bond donors (Lipinski definition) is 2. The molecule has 0 bridgehead atoms. The third-order valence-corrected chi connectivity index (χ3v) is 5.04. The van der Waals surface area contributed by atoms with Gasteiger partial charge in [0.15, 0.2) is 0 Å². The smallest absolute Gasteiger partial charge is 0.134 e. The molecule has 1 aromatic rings. The lowest BCUT2D eigenvalue weighted by Gasteiger charge is -2.38. The number of hydrogen-bond acceptors (Lipinski definition) is 2. The molecule has 0 heterocycles. The molecule has 0 aliphatic heterocycles. The molecule has 0 amide bonds. The van der Waals surface area contributed by atoms with Crippen LogP contribution in [0.25, 0.3) is 5.57 Å². The van der Waals surface area contributed by atoms with Crippen LogP contribution >= 0.6 is 0 Å². The van der Waals surface area contributed by atoms with Crippen LogP contribution in [0.15, 0.2) is 24.3 Å². The van der Waals surface area contributed by atoms with Crippen molar-refractivity contribution in [2.24, 2.45) is 11.3 Å². The van der Waals surface area contributed by atoms with Gasteiger partial charge in [0.1, 0.15) is 11.6 Å². The fourth-order valence-electron chi connectivity index (χ4n) is 3.60. The monoisotopic (exact) mass is 262 g/mol. The minimum absolute atomic E-state index is 0.0428. The zero-order chi connectivity index (χ0) is 13.6. The molecule has 2 aliphatic carbocycles. The summed E-state index contributed by atoms with van der Waals surface area (Å²) in [5.74, 6) is 0.0166. The molecule has 1 fully saturated rings. The van der Waals surface area contributed by atoms with Crippen molar-refractivity contribution in [3.63, 3.8) is 0 Å². The maximum absolute atomic E-state index is 13.9. The Morgan fingerprint density at radius 2 is 2.11 bits per heavy atom. The molecule has 0 aromatic heterocycles. The van der Waals surface area contributed by atoms with E-state index in [1.807, 2.05) is 0 Å². The maximum atomic E-state index is 13.9. The average Bonchev–Trinajstić information content (AvgIpc) is 2.66. The van der Waals surface area contributed by atoms with Crippen LogP contribution in [-0.2, 0) is 0 Å². The van der Waals surface area contributed by atoms with Crippen LogP contribution in [0.5, 0.6) is 5.75 Å². The second kappa shape index (κ2) is 4.34. The van der Waals surface area contributed by atoms with Gasteiger partial charge in [-0.3, -0.25) is 0 Å². The van der Waals surface area contributed by atoms with Crippen LogP contribution in [0.4, 0.5) is 4.39 Å². The summed E-state index contributed by atoms with van der Waals surface area (Å²) in [6.45, 7) is 2.13. The first-order valence-electron chi connectivity index (χ1n) is 6.86. The van der Waals surface area contributed by atoms with Gasteiger partial charge in [-0.05, 0) is 49.3 Å². The van der Waals surface area contributed by atoms with Crippen LogP contribution in [0.1, 0.15) is 38.2 Å². The lowest BCUT2D eigenvalue weighted by molar-refractivity contribution is 0.0400. The number of fused-ring (bicyclic) bond motifs is 1. The predicted molar refractivity (Wildman–Crippen MR) is 72.1 cm³/mol. The van der Waals surface area contributed by atoms with Gasteiger partial charge in [-0.25, -0.2) is 4.39 Å². The molecule has 2 nitrogen and oxygen atoms in total. The van der Waals surface area contributed by atoms with Crippen molar-refractivity contribution in [2.45, 2.75) is 38.7 Å². The van der Waals surface area contributed by atoms with Crippen molar-refractivity contribution in [2.75, 3.05) is 0 Å². The summed E-state index contributed by atoms with van der Waals surface area (Å²) in [6, 6.07) is 4.33. The molecule has 0 radical (unpaired) electrons. The Kier molecular flexibility index (Phi) is 2.90. The lowest BCUT2D eigenvalue weighted by Crippen LogP contribution is -2.34. The Hall–Kier alpha value is -1.35. The van der Waals surface area contributed by atoms with Crippen LogP contribution in [0, 0.1) is 17.2 Å². The fraction of sp³-hybridized carbons (Fsp3) is 0.500. The van der Waals surface area contributed by atoms with Gasteiger partial charge in [0, 0.05) is 17.0 Å². The number of rotatable bonds is 1. The van der Waals surface area contributed by atoms with Gasteiger partial charge in [-0.15, -0.1) is 0 Å². The van der Waals surface area contributed by atoms with Crippen molar-refractivity contribution < 1.29 is 14.6 Å². The van der Waals surface area contributed by atoms with Gasteiger partial charge in [0.2, 0.25) is 0 Å². The molecule has 19 heavy (non-hydrogen) atoms. The molecule has 0 unspecified atom stereocenters. The summed E-state index contributed by atoms with van der Waals surface area (Å²) < 4.78 is 13.9. The van der Waals surface area contributed by atoms with Gasteiger partial charge in [0.05, 0.1) is 6.10 Å². The van der Waals surface area contributed by atoms with E-state index in [1.54, 1.807) is 6.07 Å². The molecule has 1 saturated carbocycles. The maximum Gasteiger partial charge on any atom is 0.134 e. The molecule has 102 valence electrons. The summed E-state index contributed by atoms with van der Waals surface area (Å²) >= 11 is 0. The van der Waals surface area contributed by atoms with Crippen molar-refractivity contribution in [1.29, 1.82) is 0 Å². The quantitative estimate of drug-likeness (QED) is 0.813. The number of benzene rings is 1. The summed E-state index contributed by atoms with van der Waals surface area (Å²) in [4.78, 5) is 0. The number of phenolic OH excluding ortho intramolecular Hbond substituents is 1. The van der Waals surface area contributed by atoms with E-state index in [2.05, 4.69) is 13.0 Å². The van der Waals surface area contributed by atoms with Crippen LogP contribution in [0.3, 0.4) is 0 Å². The molecule has 3 atom stereocenters. The first kappa shape index (κ1) is 12.7. The third-order valence-electron chi connectivity index (χ3n) is 5.04. The Labute approximate surface area is 112 Å².